The second-order valence-corrected chi connectivity index (χ2v) is 5.42. The second-order valence-electron chi connectivity index (χ2n) is 5.42. The molecule has 1 N–H and O–H groups in total. The first kappa shape index (κ1) is 14.6. The van der Waals surface area contributed by atoms with E-state index in [4.69, 9.17) is 4.74 Å². The van der Waals surface area contributed by atoms with Gasteiger partial charge in [-0.2, -0.15) is 0 Å². The molecule has 0 bridgehead atoms. The maximum Gasteiger partial charge on any atom is 0.208 e. The van der Waals surface area contributed by atoms with E-state index in [1.807, 2.05) is 6.92 Å². The molecule has 0 saturated heterocycles. The van der Waals surface area contributed by atoms with Gasteiger partial charge in [-0.05, 0) is 51.0 Å². The summed E-state index contributed by atoms with van der Waals surface area (Å²) < 4.78 is 7.27. The summed E-state index contributed by atoms with van der Waals surface area (Å²) in [5, 5.41) is 3.40. The number of rotatable bonds is 5. The molecule has 0 amide bonds. The first-order valence-corrected chi connectivity index (χ1v) is 6.89. The van der Waals surface area contributed by atoms with Crippen LogP contribution in [0.25, 0.3) is 5.69 Å². The van der Waals surface area contributed by atoms with Gasteiger partial charge in [0.1, 0.15) is 0 Å². The van der Waals surface area contributed by atoms with Crippen LogP contribution in [0.1, 0.15) is 23.7 Å². The highest BCUT2D eigenvalue weighted by molar-refractivity contribution is 5.46. The van der Waals surface area contributed by atoms with Gasteiger partial charge < -0.3 is 10.1 Å². The average molecular weight is 273 g/mol. The van der Waals surface area contributed by atoms with Crippen molar-refractivity contribution < 1.29 is 4.74 Å². The molecular formula is C16H23N3O. The van der Waals surface area contributed by atoms with Crippen molar-refractivity contribution in [2.75, 3.05) is 19.0 Å². The highest BCUT2D eigenvalue weighted by atomic mass is 16.5. The number of hydrogen-bond acceptors (Lipinski definition) is 3. The number of imidazole rings is 1. The lowest BCUT2D eigenvalue weighted by Crippen LogP contribution is -2.22. The predicted octanol–water partition coefficient (Wildman–Crippen LogP) is 3.24. The molecule has 4 nitrogen and oxygen atoms in total. The van der Waals surface area contributed by atoms with Gasteiger partial charge in [0.25, 0.3) is 0 Å². The second kappa shape index (κ2) is 6.09. The van der Waals surface area contributed by atoms with Crippen LogP contribution in [0.15, 0.2) is 24.4 Å². The van der Waals surface area contributed by atoms with E-state index in [9.17, 15) is 0 Å². The van der Waals surface area contributed by atoms with E-state index >= 15 is 0 Å². The Bertz CT molecular complexity index is 569. The molecule has 2 rings (SSSR count). The molecule has 0 radical (unpaired) electrons. The Kier molecular flexibility index (Phi) is 4.45. The maximum atomic E-state index is 5.17. The lowest BCUT2D eigenvalue weighted by Gasteiger charge is -2.15. The SMILES string of the molecule is COCC(C)Nc1nc(C)cn1-c1cc(C)cc(C)c1. The fraction of sp³-hybridized carbons (Fsp3) is 0.438. The van der Waals surface area contributed by atoms with Crippen LogP contribution in [-0.2, 0) is 4.74 Å². The predicted molar refractivity (Wildman–Crippen MR) is 82.7 cm³/mol. The number of nitrogens with zero attached hydrogens (tertiary/aromatic N) is 2. The van der Waals surface area contributed by atoms with Crippen LogP contribution in [0.3, 0.4) is 0 Å². The van der Waals surface area contributed by atoms with Crippen LogP contribution in [0.5, 0.6) is 0 Å². The van der Waals surface area contributed by atoms with E-state index < -0.39 is 0 Å². The van der Waals surface area contributed by atoms with Crippen LogP contribution in [0, 0.1) is 20.8 Å². The molecule has 0 aliphatic heterocycles. The number of hydrogen-bond donors (Lipinski definition) is 1. The quantitative estimate of drug-likeness (QED) is 0.909. The summed E-state index contributed by atoms with van der Waals surface area (Å²) in [5.41, 5.74) is 4.64. The first-order valence-electron chi connectivity index (χ1n) is 6.89. The van der Waals surface area contributed by atoms with Crippen molar-refractivity contribution in [2.24, 2.45) is 0 Å². The molecule has 20 heavy (non-hydrogen) atoms. The molecule has 1 unspecified atom stereocenters. The summed E-state index contributed by atoms with van der Waals surface area (Å²) in [6.45, 7) is 8.96. The van der Waals surface area contributed by atoms with Crippen molar-refractivity contribution in [1.82, 2.24) is 9.55 Å². The summed E-state index contributed by atoms with van der Waals surface area (Å²) in [6.07, 6.45) is 2.05. The molecule has 1 aromatic carbocycles. The highest BCUT2D eigenvalue weighted by Gasteiger charge is 2.11. The maximum absolute atomic E-state index is 5.17. The minimum atomic E-state index is 0.214. The third kappa shape index (κ3) is 3.39. The van der Waals surface area contributed by atoms with Crippen molar-refractivity contribution in [3.63, 3.8) is 0 Å². The minimum absolute atomic E-state index is 0.214. The van der Waals surface area contributed by atoms with Crippen molar-refractivity contribution in [3.05, 3.63) is 41.2 Å². The van der Waals surface area contributed by atoms with E-state index in [1.165, 1.54) is 11.1 Å². The van der Waals surface area contributed by atoms with Gasteiger partial charge in [-0.15, -0.1) is 0 Å². The van der Waals surface area contributed by atoms with E-state index in [2.05, 4.69) is 60.0 Å². The average Bonchev–Trinajstić information content (AvgIpc) is 2.69. The van der Waals surface area contributed by atoms with Crippen molar-refractivity contribution in [2.45, 2.75) is 33.7 Å². The number of ether oxygens (including phenoxy) is 1. The van der Waals surface area contributed by atoms with Crippen molar-refractivity contribution >= 4 is 5.95 Å². The Hall–Kier alpha value is -1.81. The molecule has 108 valence electrons. The molecule has 1 heterocycles. The standard InChI is InChI=1S/C16H23N3O/c1-11-6-12(2)8-15(7-11)19-9-13(3)17-16(19)18-14(4)10-20-5/h6-9,14H,10H2,1-5H3,(H,17,18). The third-order valence-electron chi connectivity index (χ3n) is 3.10. The van der Waals surface area contributed by atoms with Gasteiger partial charge in [-0.3, -0.25) is 4.57 Å². The fourth-order valence-electron chi connectivity index (χ4n) is 2.40. The van der Waals surface area contributed by atoms with Crippen LogP contribution in [-0.4, -0.2) is 29.3 Å². The van der Waals surface area contributed by atoms with Crippen LogP contribution < -0.4 is 5.32 Å². The molecule has 1 atom stereocenters. The zero-order valence-corrected chi connectivity index (χ0v) is 12.9. The topological polar surface area (TPSA) is 39.1 Å². The Morgan fingerprint density at radius 3 is 2.45 bits per heavy atom. The van der Waals surface area contributed by atoms with Gasteiger partial charge in [0.05, 0.1) is 12.3 Å². The largest absolute Gasteiger partial charge is 0.383 e. The molecule has 0 fully saturated rings. The van der Waals surface area contributed by atoms with E-state index in [0.29, 0.717) is 6.61 Å². The number of anilines is 1. The number of nitrogens with one attached hydrogen (secondary N) is 1. The molecule has 0 aliphatic rings. The first-order chi connectivity index (χ1) is 9.49. The van der Waals surface area contributed by atoms with Crippen LogP contribution in [0.2, 0.25) is 0 Å². The Balaban J connectivity index is 2.36. The van der Waals surface area contributed by atoms with Gasteiger partial charge in [-0.1, -0.05) is 6.07 Å². The Morgan fingerprint density at radius 2 is 1.85 bits per heavy atom. The molecule has 1 aromatic heterocycles. The zero-order chi connectivity index (χ0) is 14.7. The van der Waals surface area contributed by atoms with E-state index in [-0.39, 0.29) is 6.04 Å². The summed E-state index contributed by atoms with van der Waals surface area (Å²) in [6, 6.07) is 6.72. The molecular weight excluding hydrogens is 250 g/mol. The van der Waals surface area contributed by atoms with Gasteiger partial charge in [0.15, 0.2) is 0 Å². The normalized spacial score (nSPS) is 12.4. The van der Waals surface area contributed by atoms with Gasteiger partial charge in [0, 0.05) is 25.0 Å². The van der Waals surface area contributed by atoms with Gasteiger partial charge in [0.2, 0.25) is 5.95 Å². The highest BCUT2D eigenvalue weighted by Crippen LogP contribution is 2.20. The summed E-state index contributed by atoms with van der Waals surface area (Å²) in [7, 11) is 1.71. The Morgan fingerprint density at radius 1 is 1.20 bits per heavy atom. The summed E-state index contributed by atoms with van der Waals surface area (Å²) in [4.78, 5) is 4.56. The smallest absolute Gasteiger partial charge is 0.208 e. The van der Waals surface area contributed by atoms with E-state index in [0.717, 1.165) is 17.3 Å². The Labute approximate surface area is 120 Å². The zero-order valence-electron chi connectivity index (χ0n) is 12.9. The van der Waals surface area contributed by atoms with E-state index in [1.54, 1.807) is 7.11 Å². The van der Waals surface area contributed by atoms with Crippen molar-refractivity contribution in [1.29, 1.82) is 0 Å². The number of methoxy groups -OCH3 is 1. The van der Waals surface area contributed by atoms with Crippen LogP contribution >= 0.6 is 0 Å². The number of aromatic nitrogens is 2. The molecule has 0 spiro atoms. The van der Waals surface area contributed by atoms with Gasteiger partial charge in [-0.25, -0.2) is 4.98 Å². The summed E-state index contributed by atoms with van der Waals surface area (Å²) in [5.74, 6) is 0.858. The van der Waals surface area contributed by atoms with Gasteiger partial charge >= 0.3 is 0 Å². The number of benzene rings is 1. The van der Waals surface area contributed by atoms with Crippen molar-refractivity contribution in [3.8, 4) is 5.69 Å². The minimum Gasteiger partial charge on any atom is -0.383 e. The lowest BCUT2D eigenvalue weighted by atomic mass is 10.1. The lowest BCUT2D eigenvalue weighted by molar-refractivity contribution is 0.190. The molecule has 0 saturated carbocycles. The molecule has 4 heteroatoms. The van der Waals surface area contributed by atoms with Crippen LogP contribution in [0.4, 0.5) is 5.95 Å². The fourth-order valence-corrected chi connectivity index (χ4v) is 2.40. The molecule has 2 aromatic rings. The third-order valence-corrected chi connectivity index (χ3v) is 3.10. The molecule has 0 aliphatic carbocycles. The monoisotopic (exact) mass is 273 g/mol. The summed E-state index contributed by atoms with van der Waals surface area (Å²) >= 11 is 0. The number of aryl methyl sites for hydroxylation is 3.